The first-order valence-electron chi connectivity index (χ1n) is 10.3. The molecule has 3 aromatic carbocycles. The van der Waals surface area contributed by atoms with Crippen LogP contribution in [0.4, 0.5) is 11.4 Å². The lowest BCUT2D eigenvalue weighted by Gasteiger charge is -2.23. The summed E-state index contributed by atoms with van der Waals surface area (Å²) in [5, 5.41) is 8.85. The Morgan fingerprint density at radius 3 is 2.39 bits per heavy atom. The molecule has 0 aliphatic carbocycles. The number of hydrogen-bond donors (Lipinski definition) is 1. The van der Waals surface area contributed by atoms with Crippen LogP contribution >= 0.6 is 0 Å². The third-order valence-corrected chi connectivity index (χ3v) is 5.81. The Morgan fingerprint density at radius 1 is 1.03 bits per heavy atom. The van der Waals surface area contributed by atoms with Crippen molar-refractivity contribution >= 4 is 17.3 Å². The van der Waals surface area contributed by atoms with Gasteiger partial charge in [0.25, 0.3) is 0 Å². The van der Waals surface area contributed by atoms with Gasteiger partial charge in [0.2, 0.25) is 0 Å². The molecule has 0 unspecified atom stereocenters. The van der Waals surface area contributed by atoms with E-state index in [1.54, 1.807) is 7.11 Å². The molecule has 3 aromatic rings. The number of ether oxygens (including phenoxy) is 2. The molecule has 1 N–H and O–H groups in total. The molecule has 0 aromatic heterocycles. The summed E-state index contributed by atoms with van der Waals surface area (Å²) in [5.41, 5.74) is 6.83. The van der Waals surface area contributed by atoms with Gasteiger partial charge in [0.1, 0.15) is 11.5 Å². The Morgan fingerprint density at radius 2 is 1.74 bits per heavy atom. The fourth-order valence-electron chi connectivity index (χ4n) is 4.18. The number of benzene rings is 3. The molecule has 160 valence electrons. The summed E-state index contributed by atoms with van der Waals surface area (Å²) in [6, 6.07) is 20.7. The third kappa shape index (κ3) is 4.08. The fourth-order valence-corrected chi connectivity index (χ4v) is 4.18. The van der Waals surface area contributed by atoms with Crippen LogP contribution in [0.25, 0.3) is 11.1 Å². The Kier molecular flexibility index (Phi) is 5.36. The van der Waals surface area contributed by atoms with Crippen molar-refractivity contribution in [3.63, 3.8) is 0 Å². The molecule has 0 radical (unpaired) electrons. The van der Waals surface area contributed by atoms with Crippen LogP contribution in [0, 0.1) is 6.92 Å². The summed E-state index contributed by atoms with van der Waals surface area (Å²) in [4.78, 5) is 13.1. The SMILES string of the molecule is COc1ccc(-c2ccc3c(c2)C(C)(C)CN3c2ccc(OCC(=O)O)c(C)c2)cc1. The number of carbonyl (C=O) groups is 1. The second kappa shape index (κ2) is 7.99. The van der Waals surface area contributed by atoms with E-state index < -0.39 is 5.97 Å². The highest BCUT2D eigenvalue weighted by atomic mass is 16.5. The minimum Gasteiger partial charge on any atom is -0.497 e. The fraction of sp³-hybridized carbons (Fsp3) is 0.269. The summed E-state index contributed by atoms with van der Waals surface area (Å²) >= 11 is 0. The maximum Gasteiger partial charge on any atom is 0.341 e. The Hall–Kier alpha value is -3.47. The molecule has 1 heterocycles. The molecule has 0 amide bonds. The monoisotopic (exact) mass is 417 g/mol. The molecule has 1 aliphatic rings. The molecule has 4 rings (SSSR count). The molecule has 31 heavy (non-hydrogen) atoms. The van der Waals surface area contributed by atoms with Gasteiger partial charge in [-0.15, -0.1) is 0 Å². The Bertz CT molecular complexity index is 1120. The molecule has 1 aliphatic heterocycles. The van der Waals surface area contributed by atoms with Gasteiger partial charge in [-0.05, 0) is 71.6 Å². The van der Waals surface area contributed by atoms with E-state index >= 15 is 0 Å². The van der Waals surface area contributed by atoms with Crippen molar-refractivity contribution in [2.45, 2.75) is 26.2 Å². The van der Waals surface area contributed by atoms with Gasteiger partial charge in [0.05, 0.1) is 7.11 Å². The minimum absolute atomic E-state index is 0.00972. The van der Waals surface area contributed by atoms with Crippen molar-refractivity contribution < 1.29 is 19.4 Å². The second-order valence-corrected chi connectivity index (χ2v) is 8.56. The van der Waals surface area contributed by atoms with Crippen molar-refractivity contribution in [3.05, 3.63) is 71.8 Å². The lowest BCUT2D eigenvalue weighted by atomic mass is 9.85. The van der Waals surface area contributed by atoms with E-state index in [0.717, 1.165) is 29.1 Å². The van der Waals surface area contributed by atoms with E-state index in [4.69, 9.17) is 14.6 Å². The number of fused-ring (bicyclic) bond motifs is 1. The molecule has 5 nitrogen and oxygen atoms in total. The topological polar surface area (TPSA) is 59.0 Å². The van der Waals surface area contributed by atoms with Crippen LogP contribution in [0.3, 0.4) is 0 Å². The molecular weight excluding hydrogens is 390 g/mol. The van der Waals surface area contributed by atoms with Crippen LogP contribution < -0.4 is 14.4 Å². The van der Waals surface area contributed by atoms with Gasteiger partial charge in [-0.3, -0.25) is 0 Å². The number of rotatable bonds is 6. The van der Waals surface area contributed by atoms with Gasteiger partial charge in [0.15, 0.2) is 6.61 Å². The zero-order valence-electron chi connectivity index (χ0n) is 18.3. The number of anilines is 2. The molecule has 0 fully saturated rings. The lowest BCUT2D eigenvalue weighted by molar-refractivity contribution is -0.139. The van der Waals surface area contributed by atoms with Crippen LogP contribution in [-0.4, -0.2) is 31.3 Å². The normalized spacial score (nSPS) is 14.3. The van der Waals surface area contributed by atoms with Crippen LogP contribution in [0.5, 0.6) is 11.5 Å². The van der Waals surface area contributed by atoms with E-state index in [-0.39, 0.29) is 12.0 Å². The van der Waals surface area contributed by atoms with Crippen LogP contribution in [0.2, 0.25) is 0 Å². The summed E-state index contributed by atoms with van der Waals surface area (Å²) in [6.45, 7) is 6.99. The predicted octanol–water partition coefficient (Wildman–Crippen LogP) is 5.56. The highest BCUT2D eigenvalue weighted by Crippen LogP contribution is 2.46. The number of aliphatic carboxylic acids is 1. The van der Waals surface area contributed by atoms with Crippen molar-refractivity contribution in [1.29, 1.82) is 0 Å². The summed E-state index contributed by atoms with van der Waals surface area (Å²) in [5.74, 6) is 0.466. The summed E-state index contributed by atoms with van der Waals surface area (Å²) in [6.07, 6.45) is 0. The molecule has 0 bridgehead atoms. The standard InChI is InChI=1S/C26H27NO4/c1-17-13-20(8-12-24(17)31-15-25(28)29)27-16-26(2,3)22-14-19(7-11-23(22)27)18-5-9-21(30-4)10-6-18/h5-14H,15-16H2,1-4H3,(H,28,29). The average molecular weight is 418 g/mol. The van der Waals surface area contributed by atoms with E-state index in [0.29, 0.717) is 5.75 Å². The largest absolute Gasteiger partial charge is 0.497 e. The Labute approximate surface area is 182 Å². The van der Waals surface area contributed by atoms with Gasteiger partial charge in [-0.1, -0.05) is 32.0 Å². The maximum atomic E-state index is 10.8. The van der Waals surface area contributed by atoms with Crippen molar-refractivity contribution in [3.8, 4) is 22.6 Å². The zero-order chi connectivity index (χ0) is 22.2. The van der Waals surface area contributed by atoms with E-state index in [2.05, 4.69) is 55.1 Å². The molecule has 5 heteroatoms. The van der Waals surface area contributed by atoms with Crippen molar-refractivity contribution in [2.24, 2.45) is 0 Å². The van der Waals surface area contributed by atoms with Crippen molar-refractivity contribution in [2.75, 3.05) is 25.2 Å². The first kappa shape index (κ1) is 20.8. The first-order valence-corrected chi connectivity index (χ1v) is 10.3. The minimum atomic E-state index is -0.980. The van der Waals surface area contributed by atoms with Crippen LogP contribution in [0.1, 0.15) is 25.0 Å². The van der Waals surface area contributed by atoms with E-state index in [1.165, 1.54) is 16.8 Å². The first-order chi connectivity index (χ1) is 14.8. The lowest BCUT2D eigenvalue weighted by Crippen LogP contribution is -2.25. The van der Waals surface area contributed by atoms with Crippen LogP contribution in [0.15, 0.2) is 60.7 Å². The van der Waals surface area contributed by atoms with Gasteiger partial charge in [0, 0.05) is 23.3 Å². The molecular formula is C26H27NO4. The third-order valence-electron chi connectivity index (χ3n) is 5.81. The quantitative estimate of drug-likeness (QED) is 0.569. The second-order valence-electron chi connectivity index (χ2n) is 8.56. The van der Waals surface area contributed by atoms with Gasteiger partial charge in [-0.25, -0.2) is 4.79 Å². The molecule has 0 spiro atoms. The van der Waals surface area contributed by atoms with Crippen molar-refractivity contribution in [1.82, 2.24) is 0 Å². The number of hydrogen-bond acceptors (Lipinski definition) is 4. The number of aryl methyl sites for hydroxylation is 1. The van der Waals surface area contributed by atoms with Crippen LogP contribution in [-0.2, 0) is 10.2 Å². The van der Waals surface area contributed by atoms with E-state index in [9.17, 15) is 4.79 Å². The molecule has 0 saturated carbocycles. The van der Waals surface area contributed by atoms with Gasteiger partial charge >= 0.3 is 5.97 Å². The molecule has 0 atom stereocenters. The maximum absolute atomic E-state index is 10.8. The van der Waals surface area contributed by atoms with Gasteiger partial charge in [-0.2, -0.15) is 0 Å². The predicted molar refractivity (Wildman–Crippen MR) is 123 cm³/mol. The number of carboxylic acids is 1. The smallest absolute Gasteiger partial charge is 0.341 e. The summed E-state index contributed by atoms with van der Waals surface area (Å²) < 4.78 is 10.7. The molecule has 0 saturated heterocycles. The number of methoxy groups -OCH3 is 1. The number of nitrogens with zero attached hydrogens (tertiary/aromatic N) is 1. The highest BCUT2D eigenvalue weighted by molar-refractivity contribution is 5.78. The van der Waals surface area contributed by atoms with E-state index in [1.807, 2.05) is 31.2 Å². The summed E-state index contributed by atoms with van der Waals surface area (Å²) in [7, 11) is 1.67. The Balaban J connectivity index is 1.66. The zero-order valence-corrected chi connectivity index (χ0v) is 18.3. The average Bonchev–Trinajstić information content (AvgIpc) is 3.03. The highest BCUT2D eigenvalue weighted by Gasteiger charge is 2.36. The van der Waals surface area contributed by atoms with Gasteiger partial charge < -0.3 is 19.5 Å². The number of carboxylic acid groups (broad SMARTS) is 1.